The Labute approximate surface area is 166 Å². The zero-order chi connectivity index (χ0) is 18.0. The van der Waals surface area contributed by atoms with E-state index in [0.717, 1.165) is 27.0 Å². The molecule has 1 amide bonds. The minimum atomic E-state index is -0.245. The van der Waals surface area contributed by atoms with Crippen LogP contribution in [0.3, 0.4) is 0 Å². The molecule has 0 aliphatic heterocycles. The van der Waals surface area contributed by atoms with Crippen LogP contribution in [0.15, 0.2) is 81.5 Å². The highest BCUT2D eigenvalue weighted by Crippen LogP contribution is 2.35. The number of hydrogen-bond donors (Lipinski definition) is 1. The summed E-state index contributed by atoms with van der Waals surface area (Å²) in [4.78, 5) is 18.1. The number of carbonyl (C=O) groups is 1. The predicted octanol–water partition coefficient (Wildman–Crippen LogP) is 5.28. The molecule has 0 aliphatic carbocycles. The van der Waals surface area contributed by atoms with Gasteiger partial charge in [0.1, 0.15) is 9.59 Å². The van der Waals surface area contributed by atoms with Crippen LogP contribution < -0.4 is 5.32 Å². The van der Waals surface area contributed by atoms with Crippen molar-refractivity contribution >= 4 is 40.8 Å². The number of amides is 1. The van der Waals surface area contributed by atoms with E-state index in [9.17, 15) is 4.79 Å². The van der Waals surface area contributed by atoms with E-state index in [1.54, 1.807) is 34.9 Å². The van der Waals surface area contributed by atoms with E-state index in [-0.39, 0.29) is 11.2 Å². The zero-order valence-electron chi connectivity index (χ0n) is 14.2. The number of benzene rings is 2. The summed E-state index contributed by atoms with van der Waals surface area (Å²) in [6.45, 7) is 0.676. The maximum absolute atomic E-state index is 12.8. The molecule has 0 aliphatic rings. The van der Waals surface area contributed by atoms with Crippen molar-refractivity contribution in [2.75, 3.05) is 12.3 Å². The Hall–Kier alpha value is -1.76. The molecule has 6 heteroatoms. The van der Waals surface area contributed by atoms with Crippen molar-refractivity contribution in [3.05, 3.63) is 77.8 Å². The Kier molecular flexibility index (Phi) is 7.61. The lowest BCUT2D eigenvalue weighted by Gasteiger charge is -2.17. The summed E-state index contributed by atoms with van der Waals surface area (Å²) < 4.78 is 1.08. The summed E-state index contributed by atoms with van der Waals surface area (Å²) in [7, 11) is 0. The number of rotatable bonds is 9. The third-order valence-electron chi connectivity index (χ3n) is 3.59. The van der Waals surface area contributed by atoms with Crippen LogP contribution in [0.5, 0.6) is 0 Å². The van der Waals surface area contributed by atoms with Crippen molar-refractivity contribution in [2.45, 2.75) is 20.9 Å². The number of thiazole rings is 1. The average Bonchev–Trinajstić information content (AvgIpc) is 3.21. The van der Waals surface area contributed by atoms with Gasteiger partial charge in [0.2, 0.25) is 5.91 Å². The van der Waals surface area contributed by atoms with E-state index in [2.05, 4.69) is 10.3 Å². The summed E-state index contributed by atoms with van der Waals surface area (Å²) in [5, 5.41) is 4.83. The highest BCUT2D eigenvalue weighted by atomic mass is 32.2. The lowest BCUT2D eigenvalue weighted by molar-refractivity contribution is -0.120. The first-order valence-electron chi connectivity index (χ1n) is 8.39. The number of nitrogens with zero attached hydrogens (tertiary/aromatic N) is 1. The van der Waals surface area contributed by atoms with Gasteiger partial charge in [-0.25, -0.2) is 4.98 Å². The van der Waals surface area contributed by atoms with Gasteiger partial charge in [-0.1, -0.05) is 60.3 Å². The third-order valence-corrected chi connectivity index (χ3v) is 6.91. The van der Waals surface area contributed by atoms with Crippen LogP contribution >= 0.6 is 34.9 Å². The van der Waals surface area contributed by atoms with Gasteiger partial charge in [-0.3, -0.25) is 4.79 Å². The molecular formula is C20H20N2OS3. The molecular weight excluding hydrogens is 380 g/mol. The topological polar surface area (TPSA) is 42.0 Å². The van der Waals surface area contributed by atoms with Gasteiger partial charge in [-0.15, -0.1) is 23.1 Å². The van der Waals surface area contributed by atoms with Gasteiger partial charge in [-0.05, 0) is 24.1 Å². The second-order valence-corrected chi connectivity index (χ2v) is 8.93. The van der Waals surface area contributed by atoms with E-state index in [1.807, 2.05) is 72.2 Å². The minimum absolute atomic E-state index is 0.0595. The summed E-state index contributed by atoms with van der Waals surface area (Å²) >= 11 is 4.98. The predicted molar refractivity (Wildman–Crippen MR) is 112 cm³/mol. The average molecular weight is 401 g/mol. The molecule has 1 aromatic heterocycles. The van der Waals surface area contributed by atoms with E-state index in [1.165, 1.54) is 0 Å². The van der Waals surface area contributed by atoms with Crippen LogP contribution in [-0.4, -0.2) is 23.2 Å². The van der Waals surface area contributed by atoms with Crippen LogP contribution in [0.4, 0.5) is 0 Å². The molecule has 2 aromatic carbocycles. The maximum Gasteiger partial charge on any atom is 0.237 e. The van der Waals surface area contributed by atoms with Crippen molar-refractivity contribution in [3.63, 3.8) is 0 Å². The quantitative estimate of drug-likeness (QED) is 0.392. The first kappa shape index (κ1) is 19.0. The summed E-state index contributed by atoms with van der Waals surface area (Å²) in [5.74, 6) is 1.01. The second-order valence-electron chi connectivity index (χ2n) is 5.51. The Morgan fingerprint density at radius 3 is 2.50 bits per heavy atom. The number of carbonyl (C=O) groups excluding carboxylic acids is 1. The van der Waals surface area contributed by atoms with Crippen molar-refractivity contribution in [1.82, 2.24) is 10.3 Å². The SMILES string of the molecule is O=C(NCCCSc1nccs1)C(Sc1ccccc1)c1ccccc1. The lowest BCUT2D eigenvalue weighted by atomic mass is 10.1. The van der Waals surface area contributed by atoms with Gasteiger partial charge in [0.05, 0.1) is 0 Å². The monoisotopic (exact) mass is 400 g/mol. The zero-order valence-corrected chi connectivity index (χ0v) is 16.7. The van der Waals surface area contributed by atoms with E-state index >= 15 is 0 Å². The number of aromatic nitrogens is 1. The van der Waals surface area contributed by atoms with Crippen molar-refractivity contribution < 1.29 is 4.79 Å². The molecule has 26 heavy (non-hydrogen) atoms. The molecule has 0 bridgehead atoms. The van der Waals surface area contributed by atoms with Crippen molar-refractivity contribution in [3.8, 4) is 0 Å². The molecule has 1 N–H and O–H groups in total. The summed E-state index contributed by atoms with van der Waals surface area (Å²) in [6, 6.07) is 20.0. The molecule has 3 rings (SSSR count). The Morgan fingerprint density at radius 2 is 1.81 bits per heavy atom. The smallest absolute Gasteiger partial charge is 0.237 e. The van der Waals surface area contributed by atoms with E-state index in [0.29, 0.717) is 6.54 Å². The van der Waals surface area contributed by atoms with Crippen LogP contribution in [0.25, 0.3) is 0 Å². The van der Waals surface area contributed by atoms with Gasteiger partial charge in [-0.2, -0.15) is 0 Å². The molecule has 1 unspecified atom stereocenters. The Morgan fingerprint density at radius 1 is 1.08 bits per heavy atom. The molecule has 3 nitrogen and oxygen atoms in total. The number of thioether (sulfide) groups is 2. The van der Waals surface area contributed by atoms with Crippen molar-refractivity contribution in [2.24, 2.45) is 0 Å². The molecule has 0 spiro atoms. The van der Waals surface area contributed by atoms with E-state index in [4.69, 9.17) is 0 Å². The van der Waals surface area contributed by atoms with Crippen LogP contribution in [0, 0.1) is 0 Å². The molecule has 0 radical (unpaired) electrons. The molecule has 3 aromatic rings. The summed E-state index contributed by atoms with van der Waals surface area (Å²) in [5.41, 5.74) is 1.02. The van der Waals surface area contributed by atoms with Gasteiger partial charge >= 0.3 is 0 Å². The standard InChI is InChI=1S/C20H20N2OS3/c23-19(21-12-7-14-24-20-22-13-15-25-20)18(16-8-3-1-4-9-16)26-17-10-5-2-6-11-17/h1-6,8-11,13,15,18H,7,12,14H2,(H,21,23). The molecule has 134 valence electrons. The highest BCUT2D eigenvalue weighted by Gasteiger charge is 2.21. The Bertz CT molecular complexity index is 779. The minimum Gasteiger partial charge on any atom is -0.355 e. The number of hydrogen-bond acceptors (Lipinski definition) is 5. The molecule has 0 saturated carbocycles. The van der Waals surface area contributed by atoms with Gasteiger partial charge in [0, 0.05) is 28.8 Å². The van der Waals surface area contributed by atoms with Gasteiger partial charge in [0.15, 0.2) is 0 Å². The molecule has 1 heterocycles. The molecule has 0 fully saturated rings. The fraction of sp³-hybridized carbons (Fsp3) is 0.200. The first-order valence-corrected chi connectivity index (χ1v) is 11.1. The molecule has 1 atom stereocenters. The summed E-state index contributed by atoms with van der Waals surface area (Å²) in [6.07, 6.45) is 2.74. The Balaban J connectivity index is 1.54. The lowest BCUT2D eigenvalue weighted by Crippen LogP contribution is -2.29. The first-order chi connectivity index (χ1) is 12.8. The van der Waals surface area contributed by atoms with Gasteiger partial charge < -0.3 is 5.32 Å². The third kappa shape index (κ3) is 5.90. The second kappa shape index (κ2) is 10.4. The van der Waals surface area contributed by atoms with E-state index < -0.39 is 0 Å². The van der Waals surface area contributed by atoms with Gasteiger partial charge in [0.25, 0.3) is 0 Å². The number of nitrogens with one attached hydrogen (secondary N) is 1. The fourth-order valence-corrected chi connectivity index (χ4v) is 5.07. The highest BCUT2D eigenvalue weighted by molar-refractivity contribution is 8.01. The normalized spacial score (nSPS) is 11.8. The molecule has 0 saturated heterocycles. The maximum atomic E-state index is 12.8. The van der Waals surface area contributed by atoms with Crippen LogP contribution in [0.1, 0.15) is 17.2 Å². The van der Waals surface area contributed by atoms with Crippen LogP contribution in [-0.2, 0) is 4.79 Å². The fourth-order valence-electron chi connectivity index (χ4n) is 2.35. The largest absolute Gasteiger partial charge is 0.355 e. The van der Waals surface area contributed by atoms with Crippen molar-refractivity contribution in [1.29, 1.82) is 0 Å². The van der Waals surface area contributed by atoms with Crippen LogP contribution in [0.2, 0.25) is 0 Å².